The van der Waals surface area contributed by atoms with E-state index in [9.17, 15) is 12.8 Å². The van der Waals surface area contributed by atoms with E-state index in [0.717, 1.165) is 25.1 Å². The van der Waals surface area contributed by atoms with Crippen LogP contribution in [0.15, 0.2) is 54.2 Å². The number of halogens is 1. The Morgan fingerprint density at radius 3 is 2.74 bits per heavy atom. The van der Waals surface area contributed by atoms with Crippen LogP contribution in [-0.4, -0.2) is 71.1 Å². The van der Waals surface area contributed by atoms with Gasteiger partial charge in [0.05, 0.1) is 12.9 Å². The Bertz CT molecular complexity index is 1260. The number of nitrogens with one attached hydrogen (secondary N) is 2. The third kappa shape index (κ3) is 5.29. The second-order valence-corrected chi connectivity index (χ2v) is 10.9. The first kappa shape index (κ1) is 23.6. The van der Waals surface area contributed by atoms with Gasteiger partial charge in [-0.1, -0.05) is 12.1 Å². The Balaban J connectivity index is 1.36. The van der Waals surface area contributed by atoms with Crippen molar-refractivity contribution in [2.24, 2.45) is 13.0 Å². The fraction of sp³-hybridized carbons (Fsp3) is 0.435. The Hall–Kier alpha value is -3.09. The van der Waals surface area contributed by atoms with Crippen LogP contribution < -0.4 is 15.4 Å². The molecule has 2 fully saturated rings. The maximum absolute atomic E-state index is 13.6. The minimum atomic E-state index is -3.79. The zero-order valence-electron chi connectivity index (χ0n) is 19.3. The lowest BCUT2D eigenvalue weighted by Crippen LogP contribution is -2.32. The minimum absolute atomic E-state index is 0.00219. The Morgan fingerprint density at radius 2 is 2.03 bits per heavy atom. The number of ether oxygens (including phenoxy) is 1. The highest BCUT2D eigenvalue weighted by Crippen LogP contribution is 2.33. The van der Waals surface area contributed by atoms with Crippen molar-refractivity contribution in [2.75, 3.05) is 38.1 Å². The molecular formula is C23H28FN7O3S. The van der Waals surface area contributed by atoms with Gasteiger partial charge in [-0.15, -0.1) is 0 Å². The van der Waals surface area contributed by atoms with E-state index < -0.39 is 10.0 Å². The lowest BCUT2D eigenvalue weighted by Gasteiger charge is -2.21. The molecule has 2 N–H and O–H groups in total. The number of aryl methyl sites for hydroxylation is 1. The van der Waals surface area contributed by atoms with Gasteiger partial charge in [0, 0.05) is 56.8 Å². The normalized spacial score (nSPS) is 23.0. The Morgan fingerprint density at radius 1 is 1.20 bits per heavy atom. The minimum Gasteiger partial charge on any atom is -0.477 e. The summed E-state index contributed by atoms with van der Waals surface area (Å²) in [6.45, 7) is 2.93. The zero-order valence-corrected chi connectivity index (χ0v) is 20.2. The lowest BCUT2D eigenvalue weighted by molar-refractivity contribution is 0.251. The maximum atomic E-state index is 13.6. The van der Waals surface area contributed by atoms with Crippen LogP contribution in [-0.2, 0) is 17.1 Å². The predicted octanol–water partition coefficient (Wildman–Crippen LogP) is 1.61. The molecule has 1 aromatic carbocycles. The van der Waals surface area contributed by atoms with Crippen LogP contribution in [0.4, 0.5) is 10.2 Å². The van der Waals surface area contributed by atoms with E-state index >= 15 is 0 Å². The van der Waals surface area contributed by atoms with Crippen LogP contribution in [0.25, 0.3) is 0 Å². The number of benzene rings is 1. The number of nitrogens with zero attached hydrogens (tertiary/aromatic N) is 5. The summed E-state index contributed by atoms with van der Waals surface area (Å²) in [6, 6.07) is 7.57. The number of hydrogen-bond acceptors (Lipinski definition) is 8. The Kier molecular flexibility index (Phi) is 6.67. The highest BCUT2D eigenvalue weighted by Gasteiger charge is 2.41. The topological polar surface area (TPSA) is 114 Å². The predicted molar refractivity (Wildman–Crippen MR) is 127 cm³/mol. The molecule has 1 unspecified atom stereocenters. The third-order valence-corrected chi connectivity index (χ3v) is 8.19. The molecule has 2 aliphatic rings. The fourth-order valence-electron chi connectivity index (χ4n) is 4.56. The number of imidazole rings is 1. The molecule has 0 aliphatic carbocycles. The van der Waals surface area contributed by atoms with Gasteiger partial charge in [-0.05, 0) is 30.7 Å². The van der Waals surface area contributed by atoms with Gasteiger partial charge in [0.15, 0.2) is 5.03 Å². The molecule has 0 radical (unpaired) electrons. The SMILES string of the molecule is Cn1cnc(S(=O)(=O)N2C[C@H](Nc3cc(OCC4CCNC4)ncn3)[C@@H](c3ccc(F)cc3)C2)c1. The second kappa shape index (κ2) is 9.88. The molecule has 0 bridgehead atoms. The van der Waals surface area contributed by atoms with Crippen molar-refractivity contribution in [1.82, 2.24) is 29.1 Å². The smallest absolute Gasteiger partial charge is 0.262 e. The van der Waals surface area contributed by atoms with Crippen LogP contribution >= 0.6 is 0 Å². The highest BCUT2D eigenvalue weighted by molar-refractivity contribution is 7.89. The van der Waals surface area contributed by atoms with E-state index in [0.29, 0.717) is 24.2 Å². The van der Waals surface area contributed by atoms with Crippen molar-refractivity contribution in [3.05, 3.63) is 60.6 Å². The first-order valence-corrected chi connectivity index (χ1v) is 13.0. The fourth-order valence-corrected chi connectivity index (χ4v) is 6.02. The van der Waals surface area contributed by atoms with Gasteiger partial charge in [-0.2, -0.15) is 4.31 Å². The number of sulfonamides is 1. The molecule has 2 aliphatic heterocycles. The van der Waals surface area contributed by atoms with Gasteiger partial charge in [-0.25, -0.2) is 27.8 Å². The summed E-state index contributed by atoms with van der Waals surface area (Å²) in [5, 5.41) is 6.67. The highest BCUT2D eigenvalue weighted by atomic mass is 32.2. The molecular weight excluding hydrogens is 473 g/mol. The molecule has 10 nitrogen and oxygen atoms in total. The molecule has 3 aromatic rings. The summed E-state index contributed by atoms with van der Waals surface area (Å²) in [5.41, 5.74) is 0.835. The van der Waals surface area contributed by atoms with Crippen LogP contribution in [0.1, 0.15) is 17.9 Å². The van der Waals surface area contributed by atoms with Crippen molar-refractivity contribution in [3.8, 4) is 5.88 Å². The standard InChI is InChI=1S/C23H28FN7O3S/c1-30-12-23(28-15-30)35(32,33)31-10-19(17-2-4-18(24)5-3-17)20(11-31)29-21-8-22(27-14-26-21)34-13-16-6-7-25-9-16/h2-5,8,12,14-16,19-20,25H,6-7,9-11,13H2,1H3,(H,26,27,29)/t16?,19-,20+/m1/s1. The third-order valence-electron chi connectivity index (χ3n) is 6.47. The van der Waals surface area contributed by atoms with E-state index in [4.69, 9.17) is 4.74 Å². The molecule has 35 heavy (non-hydrogen) atoms. The van der Waals surface area contributed by atoms with Gasteiger partial charge in [0.1, 0.15) is 18.0 Å². The summed E-state index contributed by atoms with van der Waals surface area (Å²) in [5.74, 6) is 0.879. The van der Waals surface area contributed by atoms with Crippen LogP contribution in [0.3, 0.4) is 0 Å². The first-order chi connectivity index (χ1) is 16.9. The van der Waals surface area contributed by atoms with Gasteiger partial charge < -0.3 is 19.9 Å². The number of hydrogen-bond donors (Lipinski definition) is 2. The Labute approximate surface area is 203 Å². The molecule has 3 atom stereocenters. The van der Waals surface area contributed by atoms with Crippen molar-refractivity contribution in [3.63, 3.8) is 0 Å². The van der Waals surface area contributed by atoms with Gasteiger partial charge in [0.2, 0.25) is 5.88 Å². The molecule has 2 saturated heterocycles. The second-order valence-electron chi connectivity index (χ2n) is 9.02. The summed E-state index contributed by atoms with van der Waals surface area (Å²) >= 11 is 0. The van der Waals surface area contributed by atoms with Gasteiger partial charge in [0.25, 0.3) is 10.0 Å². The monoisotopic (exact) mass is 501 g/mol. The molecule has 0 saturated carbocycles. The average molecular weight is 502 g/mol. The molecule has 186 valence electrons. The van der Waals surface area contributed by atoms with E-state index in [1.165, 1.54) is 35.3 Å². The van der Waals surface area contributed by atoms with Crippen molar-refractivity contribution < 1.29 is 17.5 Å². The lowest BCUT2D eigenvalue weighted by atomic mass is 9.94. The molecule has 0 spiro atoms. The van der Waals surface area contributed by atoms with Gasteiger partial charge in [-0.3, -0.25) is 0 Å². The summed E-state index contributed by atoms with van der Waals surface area (Å²) < 4.78 is 48.9. The van der Waals surface area contributed by atoms with E-state index in [2.05, 4.69) is 25.6 Å². The summed E-state index contributed by atoms with van der Waals surface area (Å²) in [7, 11) is -2.07. The van der Waals surface area contributed by atoms with Crippen molar-refractivity contribution in [1.29, 1.82) is 0 Å². The maximum Gasteiger partial charge on any atom is 0.262 e. The van der Waals surface area contributed by atoms with Crippen LogP contribution in [0.2, 0.25) is 0 Å². The molecule has 12 heteroatoms. The van der Waals surface area contributed by atoms with Crippen molar-refractivity contribution >= 4 is 15.8 Å². The van der Waals surface area contributed by atoms with Crippen molar-refractivity contribution in [2.45, 2.75) is 23.4 Å². The molecule has 2 aromatic heterocycles. The number of anilines is 1. The summed E-state index contributed by atoms with van der Waals surface area (Å²) in [6.07, 6.45) is 5.43. The molecule has 4 heterocycles. The largest absolute Gasteiger partial charge is 0.477 e. The quantitative estimate of drug-likeness (QED) is 0.479. The van der Waals surface area contributed by atoms with E-state index in [-0.39, 0.29) is 35.9 Å². The van der Waals surface area contributed by atoms with E-state index in [1.54, 1.807) is 29.8 Å². The van der Waals surface area contributed by atoms with Crippen LogP contribution in [0, 0.1) is 11.7 Å². The molecule has 0 amide bonds. The van der Waals surface area contributed by atoms with E-state index in [1.807, 2.05) is 0 Å². The first-order valence-electron chi connectivity index (χ1n) is 11.5. The molecule has 5 rings (SSSR count). The number of aromatic nitrogens is 4. The van der Waals surface area contributed by atoms with Gasteiger partial charge >= 0.3 is 0 Å². The van der Waals surface area contributed by atoms with Crippen LogP contribution in [0.5, 0.6) is 5.88 Å². The average Bonchev–Trinajstić information content (AvgIpc) is 3.60. The summed E-state index contributed by atoms with van der Waals surface area (Å²) in [4.78, 5) is 12.6. The zero-order chi connectivity index (χ0) is 24.4. The number of rotatable bonds is 8.